The summed E-state index contributed by atoms with van der Waals surface area (Å²) in [5.74, 6) is -2.39. The lowest BCUT2D eigenvalue weighted by molar-refractivity contribution is 0.102. The van der Waals surface area contributed by atoms with Crippen molar-refractivity contribution in [2.24, 2.45) is 0 Å². The normalized spacial score (nSPS) is 10.4. The molecule has 0 atom stereocenters. The SMILES string of the molecule is N#Cc1c(Oc2ccc(NC(=O)c3ccnn(-c4ccc(F)cc4)c3=O)cc2F)ccnc1N. The van der Waals surface area contributed by atoms with Gasteiger partial charge in [0.1, 0.15) is 28.8 Å². The number of pyridine rings is 1. The number of anilines is 2. The van der Waals surface area contributed by atoms with Crippen molar-refractivity contribution >= 4 is 17.4 Å². The molecule has 0 aliphatic heterocycles. The average molecular weight is 460 g/mol. The lowest BCUT2D eigenvalue weighted by Crippen LogP contribution is -2.29. The lowest BCUT2D eigenvalue weighted by Gasteiger charge is -2.11. The summed E-state index contributed by atoms with van der Waals surface area (Å²) in [5.41, 5.74) is 4.89. The van der Waals surface area contributed by atoms with Crippen LogP contribution in [-0.4, -0.2) is 20.7 Å². The smallest absolute Gasteiger partial charge is 0.284 e. The summed E-state index contributed by atoms with van der Waals surface area (Å²) in [7, 11) is 0. The van der Waals surface area contributed by atoms with E-state index in [9.17, 15) is 23.6 Å². The summed E-state index contributed by atoms with van der Waals surface area (Å²) in [6.07, 6.45) is 2.55. The Bertz CT molecular complexity index is 1500. The maximum atomic E-state index is 14.6. The van der Waals surface area contributed by atoms with E-state index in [0.29, 0.717) is 0 Å². The number of hydrogen-bond acceptors (Lipinski definition) is 7. The number of nitrogens with zero attached hydrogens (tertiary/aromatic N) is 4. The highest BCUT2D eigenvalue weighted by atomic mass is 19.1. The van der Waals surface area contributed by atoms with Crippen LogP contribution in [0.3, 0.4) is 0 Å². The van der Waals surface area contributed by atoms with Gasteiger partial charge in [-0.25, -0.2) is 13.8 Å². The summed E-state index contributed by atoms with van der Waals surface area (Å²) >= 11 is 0. The number of carbonyl (C=O) groups excluding carboxylic acids is 1. The Morgan fingerprint density at radius 3 is 2.53 bits per heavy atom. The van der Waals surface area contributed by atoms with Crippen LogP contribution in [0.15, 0.2) is 71.8 Å². The molecule has 3 N–H and O–H groups in total. The van der Waals surface area contributed by atoms with Gasteiger partial charge >= 0.3 is 0 Å². The minimum absolute atomic E-state index is 0.0174. The molecule has 168 valence electrons. The maximum absolute atomic E-state index is 14.6. The van der Waals surface area contributed by atoms with Gasteiger partial charge in [0, 0.05) is 30.2 Å². The molecule has 2 heterocycles. The van der Waals surface area contributed by atoms with Crippen LogP contribution in [0.5, 0.6) is 11.5 Å². The Balaban J connectivity index is 1.56. The molecule has 0 saturated heterocycles. The number of nitriles is 1. The highest BCUT2D eigenvalue weighted by Crippen LogP contribution is 2.30. The number of nitrogen functional groups attached to an aromatic ring is 1. The standard InChI is InChI=1S/C23H14F2N6O3/c24-13-1-4-15(5-2-13)31-23(33)16(7-10-29-31)22(32)30-14-3-6-20(18(25)11-14)34-19-8-9-28-21(27)17(19)12-26/h1-11H,(H2,27,28)(H,30,32). The van der Waals surface area contributed by atoms with Crippen LogP contribution in [0.1, 0.15) is 15.9 Å². The van der Waals surface area contributed by atoms with E-state index in [1.54, 1.807) is 0 Å². The first-order valence-corrected chi connectivity index (χ1v) is 9.65. The molecule has 34 heavy (non-hydrogen) atoms. The highest BCUT2D eigenvalue weighted by Gasteiger charge is 2.16. The van der Waals surface area contributed by atoms with Gasteiger partial charge < -0.3 is 15.8 Å². The number of aromatic nitrogens is 3. The first-order valence-electron chi connectivity index (χ1n) is 9.65. The minimum atomic E-state index is -0.837. The monoisotopic (exact) mass is 460 g/mol. The van der Waals surface area contributed by atoms with E-state index in [4.69, 9.17) is 10.5 Å². The molecule has 1 amide bonds. The highest BCUT2D eigenvalue weighted by molar-refractivity contribution is 6.04. The van der Waals surface area contributed by atoms with Gasteiger partial charge in [-0.1, -0.05) is 0 Å². The molecule has 0 saturated carbocycles. The second kappa shape index (κ2) is 9.17. The summed E-state index contributed by atoms with van der Waals surface area (Å²) < 4.78 is 34.1. The van der Waals surface area contributed by atoms with Crippen molar-refractivity contribution in [2.75, 3.05) is 11.1 Å². The van der Waals surface area contributed by atoms with Gasteiger partial charge in [-0.3, -0.25) is 9.59 Å². The molecule has 0 aliphatic rings. The quantitative estimate of drug-likeness (QED) is 0.466. The Morgan fingerprint density at radius 1 is 1.06 bits per heavy atom. The number of halogens is 2. The average Bonchev–Trinajstić information content (AvgIpc) is 2.82. The van der Waals surface area contributed by atoms with Crippen molar-refractivity contribution in [3.05, 3.63) is 100 Å². The molecular formula is C23H14F2N6O3. The predicted molar refractivity (Wildman–Crippen MR) is 118 cm³/mol. The molecule has 0 spiro atoms. The molecule has 2 aromatic heterocycles. The van der Waals surface area contributed by atoms with Crippen molar-refractivity contribution in [3.63, 3.8) is 0 Å². The van der Waals surface area contributed by atoms with Crippen molar-refractivity contribution < 1.29 is 18.3 Å². The van der Waals surface area contributed by atoms with Gasteiger partial charge in [0.2, 0.25) is 0 Å². The third-order valence-corrected chi connectivity index (χ3v) is 4.63. The van der Waals surface area contributed by atoms with Crippen LogP contribution in [0, 0.1) is 23.0 Å². The van der Waals surface area contributed by atoms with Crippen molar-refractivity contribution in [2.45, 2.75) is 0 Å². The maximum Gasteiger partial charge on any atom is 0.284 e. The minimum Gasteiger partial charge on any atom is -0.453 e. The Morgan fingerprint density at radius 2 is 1.82 bits per heavy atom. The van der Waals surface area contributed by atoms with Gasteiger partial charge in [0.05, 0.1) is 5.69 Å². The fourth-order valence-corrected chi connectivity index (χ4v) is 2.99. The van der Waals surface area contributed by atoms with E-state index in [-0.39, 0.29) is 39.8 Å². The lowest BCUT2D eigenvalue weighted by atomic mass is 10.2. The predicted octanol–water partition coefficient (Wildman–Crippen LogP) is 3.40. The third kappa shape index (κ3) is 4.42. The van der Waals surface area contributed by atoms with Crippen LogP contribution in [-0.2, 0) is 0 Å². The number of ether oxygens (including phenoxy) is 1. The molecule has 0 fully saturated rings. The second-order valence-corrected chi connectivity index (χ2v) is 6.82. The van der Waals surface area contributed by atoms with Crippen LogP contribution in [0.25, 0.3) is 5.69 Å². The number of nitrogens with one attached hydrogen (secondary N) is 1. The zero-order chi connectivity index (χ0) is 24.2. The largest absolute Gasteiger partial charge is 0.453 e. The summed E-state index contributed by atoms with van der Waals surface area (Å²) in [4.78, 5) is 29.1. The Hall–Kier alpha value is -5.11. The van der Waals surface area contributed by atoms with E-state index in [1.807, 2.05) is 6.07 Å². The van der Waals surface area contributed by atoms with E-state index < -0.39 is 23.1 Å². The van der Waals surface area contributed by atoms with Crippen LogP contribution >= 0.6 is 0 Å². The van der Waals surface area contributed by atoms with E-state index >= 15 is 0 Å². The topological polar surface area (TPSA) is 136 Å². The van der Waals surface area contributed by atoms with E-state index in [0.717, 1.165) is 22.9 Å². The van der Waals surface area contributed by atoms with Gasteiger partial charge in [-0.2, -0.15) is 15.0 Å². The van der Waals surface area contributed by atoms with Crippen molar-refractivity contribution in [1.82, 2.24) is 14.8 Å². The molecule has 0 unspecified atom stereocenters. The first kappa shape index (κ1) is 22.1. The molecule has 2 aromatic carbocycles. The van der Waals surface area contributed by atoms with Gasteiger partial charge in [-0.05, 0) is 42.5 Å². The van der Waals surface area contributed by atoms with E-state index in [2.05, 4.69) is 15.4 Å². The molecule has 4 rings (SSSR count). The molecule has 4 aromatic rings. The molecular weight excluding hydrogens is 446 g/mol. The molecule has 11 heteroatoms. The zero-order valence-corrected chi connectivity index (χ0v) is 17.2. The number of benzene rings is 2. The van der Waals surface area contributed by atoms with Gasteiger partial charge in [0.15, 0.2) is 17.3 Å². The Kier molecular flexibility index (Phi) is 5.96. The van der Waals surface area contributed by atoms with E-state index in [1.165, 1.54) is 48.8 Å². The number of amides is 1. The molecule has 0 aliphatic carbocycles. The van der Waals surface area contributed by atoms with Gasteiger partial charge in [0.25, 0.3) is 11.5 Å². The molecule has 0 radical (unpaired) electrons. The Labute approximate surface area is 190 Å². The summed E-state index contributed by atoms with van der Waals surface area (Å²) in [5, 5.41) is 15.5. The number of rotatable bonds is 5. The van der Waals surface area contributed by atoms with Crippen LogP contribution in [0.2, 0.25) is 0 Å². The second-order valence-electron chi connectivity index (χ2n) is 6.82. The number of nitrogens with two attached hydrogens (primary N) is 1. The number of carbonyl (C=O) groups is 1. The third-order valence-electron chi connectivity index (χ3n) is 4.63. The fraction of sp³-hybridized carbons (Fsp3) is 0. The zero-order valence-electron chi connectivity index (χ0n) is 17.2. The first-order chi connectivity index (χ1) is 16.4. The summed E-state index contributed by atoms with van der Waals surface area (Å²) in [6.45, 7) is 0. The fourth-order valence-electron chi connectivity index (χ4n) is 2.99. The summed E-state index contributed by atoms with van der Waals surface area (Å²) in [6, 6.07) is 13.0. The molecule has 9 nitrogen and oxygen atoms in total. The van der Waals surface area contributed by atoms with Crippen LogP contribution < -0.4 is 21.3 Å². The van der Waals surface area contributed by atoms with Crippen LogP contribution in [0.4, 0.5) is 20.3 Å². The van der Waals surface area contributed by atoms with Crippen molar-refractivity contribution in [1.29, 1.82) is 5.26 Å². The molecule has 0 bridgehead atoms. The van der Waals surface area contributed by atoms with Crippen molar-refractivity contribution in [3.8, 4) is 23.3 Å². The number of hydrogen-bond donors (Lipinski definition) is 2. The van der Waals surface area contributed by atoms with Gasteiger partial charge in [-0.15, -0.1) is 0 Å².